The van der Waals surface area contributed by atoms with Crippen LogP contribution in [-0.2, 0) is 11.2 Å². The number of nitrogens with one attached hydrogen (secondary N) is 2. The molecule has 2 aromatic rings. The van der Waals surface area contributed by atoms with Crippen LogP contribution in [0.25, 0.3) is 0 Å². The lowest BCUT2D eigenvalue weighted by atomic mass is 9.88. The number of hydrogen-bond acceptors (Lipinski definition) is 4. The number of aromatic nitrogens is 1. The summed E-state index contributed by atoms with van der Waals surface area (Å²) in [6.45, 7) is 7.96. The Hall–Kier alpha value is -1.43. The number of rotatable bonds is 5. The van der Waals surface area contributed by atoms with Gasteiger partial charge in [0.05, 0.1) is 5.69 Å². The van der Waals surface area contributed by atoms with Crippen molar-refractivity contribution in [2.75, 3.05) is 18.4 Å². The number of amides is 1. The van der Waals surface area contributed by atoms with Crippen LogP contribution in [0.3, 0.4) is 0 Å². The Morgan fingerprint density at radius 3 is 2.58 bits per heavy atom. The summed E-state index contributed by atoms with van der Waals surface area (Å²) in [7, 11) is 0. The largest absolute Gasteiger partial charge is 0.316 e. The van der Waals surface area contributed by atoms with E-state index in [4.69, 9.17) is 0 Å². The maximum atomic E-state index is 12.3. The molecule has 0 saturated carbocycles. The molecule has 130 valence electrons. The molecule has 3 rings (SSSR count). The molecule has 6 heteroatoms. The average Bonchev–Trinajstić information content (AvgIpc) is 2.79. The molecule has 2 heterocycles. The van der Waals surface area contributed by atoms with Gasteiger partial charge in [0.25, 0.3) is 0 Å². The minimum Gasteiger partial charge on any atom is -0.316 e. The molecule has 0 bridgehead atoms. The lowest BCUT2D eigenvalue weighted by Gasteiger charge is -2.31. The Labute approximate surface area is 153 Å². The van der Waals surface area contributed by atoms with E-state index in [9.17, 15) is 4.79 Å². The maximum Gasteiger partial charge on any atom is 0.229 e. The summed E-state index contributed by atoms with van der Waals surface area (Å²) in [5, 5.41) is 6.92. The highest BCUT2D eigenvalue weighted by Gasteiger charge is 2.29. The van der Waals surface area contributed by atoms with E-state index in [-0.39, 0.29) is 24.2 Å². The van der Waals surface area contributed by atoms with E-state index in [1.165, 1.54) is 16.0 Å². The fraction of sp³-hybridized carbons (Fsp3) is 0.444. The van der Waals surface area contributed by atoms with Gasteiger partial charge in [0, 0.05) is 17.2 Å². The fourth-order valence-corrected chi connectivity index (χ4v) is 3.63. The van der Waals surface area contributed by atoms with Gasteiger partial charge >= 0.3 is 0 Å². The zero-order chi connectivity index (χ0) is 16.4. The van der Waals surface area contributed by atoms with Crippen LogP contribution in [-0.4, -0.2) is 24.0 Å². The molecule has 1 aromatic heterocycles. The monoisotopic (exact) mass is 365 g/mol. The van der Waals surface area contributed by atoms with Crippen LogP contribution < -0.4 is 10.6 Å². The molecule has 1 unspecified atom stereocenters. The van der Waals surface area contributed by atoms with Gasteiger partial charge in [0.2, 0.25) is 5.91 Å². The zero-order valence-electron chi connectivity index (χ0n) is 14.3. The van der Waals surface area contributed by atoms with Crippen molar-refractivity contribution in [3.05, 3.63) is 46.0 Å². The van der Waals surface area contributed by atoms with Crippen molar-refractivity contribution >= 4 is 34.8 Å². The lowest BCUT2D eigenvalue weighted by Crippen LogP contribution is -2.48. The highest BCUT2D eigenvalue weighted by molar-refractivity contribution is 7.15. The number of benzene rings is 1. The van der Waals surface area contributed by atoms with Crippen LogP contribution in [0.15, 0.2) is 24.3 Å². The minimum absolute atomic E-state index is 0. The third-order valence-corrected chi connectivity index (χ3v) is 5.61. The summed E-state index contributed by atoms with van der Waals surface area (Å²) in [6.07, 6.45) is 0.863. The Kier molecular flexibility index (Phi) is 6.38. The predicted octanol–water partition coefficient (Wildman–Crippen LogP) is 3.57. The first-order valence-electron chi connectivity index (χ1n) is 8.06. The summed E-state index contributed by atoms with van der Waals surface area (Å²) in [5.74, 6) is 0.552. The second-order valence-electron chi connectivity index (χ2n) is 6.39. The molecule has 2 N–H and O–H groups in total. The van der Waals surface area contributed by atoms with Crippen LogP contribution >= 0.6 is 23.7 Å². The van der Waals surface area contributed by atoms with Crippen molar-refractivity contribution in [1.29, 1.82) is 0 Å². The van der Waals surface area contributed by atoms with Crippen LogP contribution in [0.5, 0.6) is 0 Å². The van der Waals surface area contributed by atoms with Crippen molar-refractivity contribution in [2.45, 2.75) is 27.2 Å². The van der Waals surface area contributed by atoms with Crippen molar-refractivity contribution in [2.24, 2.45) is 11.8 Å². The number of aryl methyl sites for hydroxylation is 2. The number of halogens is 1. The van der Waals surface area contributed by atoms with Gasteiger partial charge in [-0.25, -0.2) is 4.98 Å². The van der Waals surface area contributed by atoms with Gasteiger partial charge in [-0.05, 0) is 38.4 Å². The Morgan fingerprint density at radius 2 is 2.00 bits per heavy atom. The van der Waals surface area contributed by atoms with Crippen LogP contribution in [0.2, 0.25) is 0 Å². The molecule has 0 aliphatic carbocycles. The van der Waals surface area contributed by atoms with Crippen molar-refractivity contribution in [3.63, 3.8) is 0 Å². The van der Waals surface area contributed by atoms with Gasteiger partial charge in [0.15, 0.2) is 5.13 Å². The molecule has 1 aromatic carbocycles. The van der Waals surface area contributed by atoms with Crippen molar-refractivity contribution in [3.8, 4) is 0 Å². The number of carbonyl (C=O) groups is 1. The number of anilines is 1. The maximum absolute atomic E-state index is 12.3. The smallest absolute Gasteiger partial charge is 0.229 e. The van der Waals surface area contributed by atoms with E-state index >= 15 is 0 Å². The van der Waals surface area contributed by atoms with Gasteiger partial charge in [-0.3, -0.25) is 4.79 Å². The van der Waals surface area contributed by atoms with Crippen molar-refractivity contribution in [1.82, 2.24) is 10.3 Å². The van der Waals surface area contributed by atoms with Crippen LogP contribution in [0.4, 0.5) is 5.13 Å². The Bertz CT molecular complexity index is 695. The average molecular weight is 366 g/mol. The van der Waals surface area contributed by atoms with Crippen LogP contribution in [0, 0.1) is 25.7 Å². The molecular formula is C18H24ClN3OS. The molecule has 0 spiro atoms. The van der Waals surface area contributed by atoms with Gasteiger partial charge in [-0.2, -0.15) is 0 Å². The number of carbonyl (C=O) groups excluding carboxylic acids is 1. The summed E-state index contributed by atoms with van der Waals surface area (Å²) in [4.78, 5) is 18.0. The van der Waals surface area contributed by atoms with E-state index < -0.39 is 0 Å². The van der Waals surface area contributed by atoms with E-state index in [0.29, 0.717) is 11.0 Å². The summed E-state index contributed by atoms with van der Waals surface area (Å²) < 4.78 is 0. The quantitative estimate of drug-likeness (QED) is 0.851. The highest BCUT2D eigenvalue weighted by atomic mass is 35.5. The Balaban J connectivity index is 0.00000208. The highest BCUT2D eigenvalue weighted by Crippen LogP contribution is 2.26. The summed E-state index contributed by atoms with van der Waals surface area (Å²) in [5.41, 5.74) is 3.54. The first kappa shape index (κ1) is 18.9. The topological polar surface area (TPSA) is 54.0 Å². The molecule has 1 saturated heterocycles. The SMILES string of the molecule is Cc1ccc(Cc2sc(NC(=O)C(C)C3CNC3)nc2C)cc1.Cl. The molecule has 4 nitrogen and oxygen atoms in total. The van der Waals surface area contributed by atoms with E-state index in [1.54, 1.807) is 11.3 Å². The molecule has 0 radical (unpaired) electrons. The summed E-state index contributed by atoms with van der Waals surface area (Å²) in [6, 6.07) is 8.56. The predicted molar refractivity (Wildman–Crippen MR) is 102 cm³/mol. The summed E-state index contributed by atoms with van der Waals surface area (Å²) >= 11 is 1.58. The molecule has 1 aliphatic heterocycles. The first-order chi connectivity index (χ1) is 11.0. The zero-order valence-corrected chi connectivity index (χ0v) is 15.9. The van der Waals surface area contributed by atoms with E-state index in [1.807, 2.05) is 13.8 Å². The molecule has 24 heavy (non-hydrogen) atoms. The standard InChI is InChI=1S/C18H23N3OS.ClH/c1-11-4-6-14(7-5-11)8-16-13(3)20-18(23-16)21-17(22)12(2)15-9-19-10-15;/h4-7,12,15,19H,8-10H2,1-3H3,(H,20,21,22);1H. The molecule has 1 atom stereocenters. The third kappa shape index (κ3) is 4.35. The van der Waals surface area contributed by atoms with Gasteiger partial charge in [-0.15, -0.1) is 23.7 Å². The fourth-order valence-electron chi connectivity index (χ4n) is 2.63. The first-order valence-corrected chi connectivity index (χ1v) is 8.88. The number of thiazole rings is 1. The van der Waals surface area contributed by atoms with Gasteiger partial charge in [-0.1, -0.05) is 36.8 Å². The van der Waals surface area contributed by atoms with Crippen molar-refractivity contribution < 1.29 is 4.79 Å². The van der Waals surface area contributed by atoms with Gasteiger partial charge < -0.3 is 10.6 Å². The van der Waals surface area contributed by atoms with E-state index in [2.05, 4.69) is 46.8 Å². The number of hydrogen-bond donors (Lipinski definition) is 2. The molecule has 1 amide bonds. The normalized spacial score (nSPS) is 15.3. The van der Waals surface area contributed by atoms with Crippen LogP contribution in [0.1, 0.15) is 28.6 Å². The molecule has 1 fully saturated rings. The second kappa shape index (κ2) is 8.10. The van der Waals surface area contributed by atoms with E-state index in [0.717, 1.165) is 25.2 Å². The molecule has 1 aliphatic rings. The minimum atomic E-state index is 0. The molecular weight excluding hydrogens is 342 g/mol. The third-order valence-electron chi connectivity index (χ3n) is 4.54. The second-order valence-corrected chi connectivity index (χ2v) is 7.47. The number of nitrogens with zero attached hydrogens (tertiary/aromatic N) is 1. The Morgan fingerprint density at radius 1 is 1.33 bits per heavy atom. The van der Waals surface area contributed by atoms with Gasteiger partial charge in [0.1, 0.15) is 0 Å². The lowest BCUT2D eigenvalue weighted by molar-refractivity contribution is -0.121.